The Morgan fingerprint density at radius 3 is 2.48 bits per heavy atom. The highest BCUT2D eigenvalue weighted by Crippen LogP contribution is 2.36. The monoisotopic (exact) mass is 277 g/mol. The quantitative estimate of drug-likeness (QED) is 0.778. The van der Waals surface area contributed by atoms with Crippen molar-refractivity contribution in [2.75, 3.05) is 11.9 Å². The number of rotatable bonds is 2. The second-order valence-corrected chi connectivity index (χ2v) is 6.47. The Balaban J connectivity index is 1.63. The first kappa shape index (κ1) is 12.9. The predicted molar refractivity (Wildman–Crippen MR) is 89.9 cm³/mol. The molecule has 1 nitrogen and oxygen atoms in total. The van der Waals surface area contributed by atoms with Crippen LogP contribution in [0.1, 0.15) is 49.1 Å². The van der Waals surface area contributed by atoms with Gasteiger partial charge >= 0.3 is 0 Å². The number of nitrogens with one attached hydrogen (secondary N) is 1. The summed E-state index contributed by atoms with van der Waals surface area (Å²) in [5, 5.41) is 3.47. The van der Waals surface area contributed by atoms with Gasteiger partial charge in [0.2, 0.25) is 0 Å². The summed E-state index contributed by atoms with van der Waals surface area (Å²) in [6.07, 6.45) is 8.15. The van der Waals surface area contributed by atoms with Crippen molar-refractivity contribution in [2.45, 2.75) is 44.4 Å². The van der Waals surface area contributed by atoms with Crippen LogP contribution in [0.15, 0.2) is 42.5 Å². The van der Waals surface area contributed by atoms with E-state index in [1.165, 1.54) is 54.5 Å². The van der Waals surface area contributed by atoms with Crippen LogP contribution in [0.2, 0.25) is 0 Å². The van der Waals surface area contributed by atoms with Gasteiger partial charge in [-0.05, 0) is 53.5 Å². The van der Waals surface area contributed by atoms with Crippen molar-refractivity contribution in [3.05, 3.63) is 53.6 Å². The van der Waals surface area contributed by atoms with Crippen LogP contribution >= 0.6 is 0 Å². The first-order chi connectivity index (χ1) is 10.4. The van der Waals surface area contributed by atoms with Gasteiger partial charge in [0.25, 0.3) is 0 Å². The molecule has 1 aliphatic heterocycles. The molecule has 0 unspecified atom stereocenters. The second-order valence-electron chi connectivity index (χ2n) is 6.47. The molecule has 0 amide bonds. The van der Waals surface area contributed by atoms with E-state index < -0.39 is 0 Å². The molecular formula is C20H23N. The summed E-state index contributed by atoms with van der Waals surface area (Å²) in [6, 6.07) is 16.0. The summed E-state index contributed by atoms with van der Waals surface area (Å²) >= 11 is 0. The molecule has 1 N–H and O–H groups in total. The van der Waals surface area contributed by atoms with Gasteiger partial charge in [-0.25, -0.2) is 0 Å². The molecule has 1 aliphatic carbocycles. The first-order valence-electron chi connectivity index (χ1n) is 8.38. The lowest BCUT2D eigenvalue weighted by Crippen LogP contribution is -2.04. The smallest absolute Gasteiger partial charge is 0.0379 e. The third kappa shape index (κ3) is 2.46. The van der Waals surface area contributed by atoms with Gasteiger partial charge in [-0.1, -0.05) is 55.7 Å². The van der Waals surface area contributed by atoms with Crippen LogP contribution in [0.5, 0.6) is 0 Å². The fraction of sp³-hybridized carbons (Fsp3) is 0.400. The molecule has 1 fully saturated rings. The standard InChI is InChI=1S/C20H23N/c1-2-5-15(6-3-1)16-9-11-17(12-10-16)18-7-4-8-20-19(18)13-14-21-20/h4,7-12,15,21H,1-3,5-6,13-14H2. The SMILES string of the molecule is c1cc2c(c(-c3ccc(C4CCCCC4)cc3)c1)CCN2. The summed E-state index contributed by atoms with van der Waals surface area (Å²) in [7, 11) is 0. The van der Waals surface area contributed by atoms with Crippen molar-refractivity contribution in [1.29, 1.82) is 0 Å². The summed E-state index contributed by atoms with van der Waals surface area (Å²) in [6.45, 7) is 1.08. The Morgan fingerprint density at radius 1 is 0.857 bits per heavy atom. The van der Waals surface area contributed by atoms with Crippen molar-refractivity contribution in [1.82, 2.24) is 0 Å². The molecule has 1 heteroatoms. The van der Waals surface area contributed by atoms with Crippen LogP contribution in [-0.2, 0) is 6.42 Å². The van der Waals surface area contributed by atoms with E-state index in [-0.39, 0.29) is 0 Å². The average molecular weight is 277 g/mol. The normalized spacial score (nSPS) is 18.3. The molecule has 0 bridgehead atoms. The summed E-state index contributed by atoms with van der Waals surface area (Å²) in [5.41, 5.74) is 7.14. The highest BCUT2D eigenvalue weighted by atomic mass is 14.9. The number of hydrogen-bond donors (Lipinski definition) is 1. The third-order valence-electron chi connectivity index (χ3n) is 5.16. The third-order valence-corrected chi connectivity index (χ3v) is 5.16. The van der Waals surface area contributed by atoms with Gasteiger partial charge in [0.15, 0.2) is 0 Å². The maximum absolute atomic E-state index is 3.47. The van der Waals surface area contributed by atoms with Gasteiger partial charge in [-0.2, -0.15) is 0 Å². The second kappa shape index (κ2) is 5.55. The molecular weight excluding hydrogens is 254 g/mol. The van der Waals surface area contributed by atoms with Gasteiger partial charge in [-0.3, -0.25) is 0 Å². The number of fused-ring (bicyclic) bond motifs is 1. The minimum atomic E-state index is 0.802. The molecule has 0 radical (unpaired) electrons. The van der Waals surface area contributed by atoms with Crippen LogP contribution in [0, 0.1) is 0 Å². The maximum Gasteiger partial charge on any atom is 0.0379 e. The van der Waals surface area contributed by atoms with Gasteiger partial charge in [0.05, 0.1) is 0 Å². The molecule has 21 heavy (non-hydrogen) atoms. The summed E-state index contributed by atoms with van der Waals surface area (Å²) < 4.78 is 0. The number of benzene rings is 2. The van der Waals surface area contributed by atoms with E-state index in [9.17, 15) is 0 Å². The van der Waals surface area contributed by atoms with E-state index >= 15 is 0 Å². The predicted octanol–water partition coefficient (Wildman–Crippen LogP) is 5.37. The molecule has 0 aromatic heterocycles. The minimum absolute atomic E-state index is 0.802. The van der Waals surface area contributed by atoms with E-state index in [1.807, 2.05) is 0 Å². The minimum Gasteiger partial charge on any atom is -0.384 e. The Hall–Kier alpha value is -1.76. The lowest BCUT2D eigenvalue weighted by atomic mass is 9.83. The number of hydrogen-bond acceptors (Lipinski definition) is 1. The Morgan fingerprint density at radius 2 is 1.67 bits per heavy atom. The lowest BCUT2D eigenvalue weighted by Gasteiger charge is -2.22. The largest absolute Gasteiger partial charge is 0.384 e. The highest BCUT2D eigenvalue weighted by Gasteiger charge is 2.17. The highest BCUT2D eigenvalue weighted by molar-refractivity contribution is 5.75. The fourth-order valence-electron chi connectivity index (χ4n) is 3.99. The zero-order valence-corrected chi connectivity index (χ0v) is 12.6. The molecule has 2 aromatic rings. The van der Waals surface area contributed by atoms with E-state index in [1.54, 1.807) is 5.56 Å². The van der Waals surface area contributed by atoms with Crippen LogP contribution in [-0.4, -0.2) is 6.54 Å². The van der Waals surface area contributed by atoms with Crippen molar-refractivity contribution >= 4 is 5.69 Å². The van der Waals surface area contributed by atoms with E-state index in [0.29, 0.717) is 0 Å². The first-order valence-corrected chi connectivity index (χ1v) is 8.38. The van der Waals surface area contributed by atoms with Crippen LogP contribution in [0.4, 0.5) is 5.69 Å². The summed E-state index contributed by atoms with van der Waals surface area (Å²) in [5.74, 6) is 0.802. The maximum atomic E-state index is 3.47. The molecule has 1 heterocycles. The van der Waals surface area contributed by atoms with E-state index in [4.69, 9.17) is 0 Å². The Labute approximate surface area is 127 Å². The van der Waals surface area contributed by atoms with Gasteiger partial charge in [0, 0.05) is 12.2 Å². The number of anilines is 1. The van der Waals surface area contributed by atoms with Crippen molar-refractivity contribution in [3.63, 3.8) is 0 Å². The molecule has 4 rings (SSSR count). The van der Waals surface area contributed by atoms with E-state index in [2.05, 4.69) is 47.8 Å². The zero-order chi connectivity index (χ0) is 14.1. The van der Waals surface area contributed by atoms with Gasteiger partial charge < -0.3 is 5.32 Å². The van der Waals surface area contributed by atoms with Gasteiger partial charge in [0.1, 0.15) is 0 Å². The molecule has 0 spiro atoms. The van der Waals surface area contributed by atoms with Crippen LogP contribution in [0.25, 0.3) is 11.1 Å². The molecule has 0 saturated heterocycles. The topological polar surface area (TPSA) is 12.0 Å². The van der Waals surface area contributed by atoms with Gasteiger partial charge in [-0.15, -0.1) is 0 Å². The van der Waals surface area contributed by atoms with Crippen LogP contribution in [0.3, 0.4) is 0 Å². The fourth-order valence-corrected chi connectivity index (χ4v) is 3.99. The van der Waals surface area contributed by atoms with Crippen molar-refractivity contribution < 1.29 is 0 Å². The summed E-state index contributed by atoms with van der Waals surface area (Å²) in [4.78, 5) is 0. The lowest BCUT2D eigenvalue weighted by molar-refractivity contribution is 0.443. The van der Waals surface area contributed by atoms with Crippen LogP contribution < -0.4 is 5.32 Å². The Bertz CT molecular complexity index is 621. The Kier molecular flexibility index (Phi) is 3.42. The molecule has 1 saturated carbocycles. The van der Waals surface area contributed by atoms with Crippen molar-refractivity contribution in [3.8, 4) is 11.1 Å². The van der Waals surface area contributed by atoms with Crippen molar-refractivity contribution in [2.24, 2.45) is 0 Å². The molecule has 2 aliphatic rings. The zero-order valence-electron chi connectivity index (χ0n) is 12.6. The molecule has 0 atom stereocenters. The van der Waals surface area contributed by atoms with E-state index in [0.717, 1.165) is 18.9 Å². The molecule has 2 aromatic carbocycles. The molecule has 108 valence electrons. The average Bonchev–Trinajstić information content (AvgIpc) is 3.04.